The Hall–Kier alpha value is -2.67. The van der Waals surface area contributed by atoms with Gasteiger partial charge < -0.3 is 14.2 Å². The van der Waals surface area contributed by atoms with Crippen LogP contribution in [0.15, 0.2) is 42.0 Å². The molecule has 7 heteroatoms. The summed E-state index contributed by atoms with van der Waals surface area (Å²) in [7, 11) is 0. The van der Waals surface area contributed by atoms with E-state index in [1.165, 1.54) is 11.3 Å². The maximum absolute atomic E-state index is 12.8. The molecule has 1 aromatic carbocycles. The number of amides is 1. The van der Waals surface area contributed by atoms with Crippen molar-refractivity contribution < 1.29 is 14.3 Å². The molecule has 6 nitrogen and oxygen atoms in total. The van der Waals surface area contributed by atoms with Gasteiger partial charge in [-0.05, 0) is 48.9 Å². The number of cyclic esters (lactones) is 1. The number of nitrogens with zero attached hydrogens (tertiary/aromatic N) is 3. The molecule has 150 valence electrons. The lowest BCUT2D eigenvalue weighted by atomic mass is 9.76. The smallest absolute Gasteiger partial charge is 0.312 e. The van der Waals surface area contributed by atoms with Crippen molar-refractivity contribution in [1.29, 1.82) is 0 Å². The number of aromatic nitrogens is 2. The maximum atomic E-state index is 12.8. The number of fused-ring (bicyclic) bond motifs is 1. The zero-order chi connectivity index (χ0) is 20.0. The quantitative estimate of drug-likeness (QED) is 0.620. The molecule has 0 bridgehead atoms. The molecule has 1 atom stereocenters. The average molecular weight is 410 g/mol. The van der Waals surface area contributed by atoms with Gasteiger partial charge in [-0.1, -0.05) is 12.1 Å². The number of benzene rings is 1. The number of piperidine rings is 1. The molecular weight excluding hydrogens is 386 g/mol. The van der Waals surface area contributed by atoms with E-state index in [9.17, 15) is 9.59 Å². The number of thiophene rings is 1. The molecule has 1 spiro atoms. The molecule has 0 N–H and O–H groups in total. The van der Waals surface area contributed by atoms with Gasteiger partial charge in [0.1, 0.15) is 6.10 Å². The minimum atomic E-state index is -0.456. The van der Waals surface area contributed by atoms with Crippen molar-refractivity contribution in [2.24, 2.45) is 5.41 Å². The Kier molecular flexibility index (Phi) is 4.42. The van der Waals surface area contributed by atoms with Crippen molar-refractivity contribution in [1.82, 2.24) is 14.5 Å². The minimum absolute atomic E-state index is 0.0835. The summed E-state index contributed by atoms with van der Waals surface area (Å²) in [5, 5.41) is 1.95. The van der Waals surface area contributed by atoms with Crippen LogP contribution in [-0.4, -0.2) is 45.5 Å². The zero-order valence-electron chi connectivity index (χ0n) is 16.3. The van der Waals surface area contributed by atoms with Crippen molar-refractivity contribution in [2.45, 2.75) is 38.8 Å². The molecule has 0 radical (unpaired) electrons. The number of ether oxygens (including phenoxy) is 1. The van der Waals surface area contributed by atoms with Gasteiger partial charge >= 0.3 is 5.97 Å². The first-order valence-electron chi connectivity index (χ1n) is 10.0. The van der Waals surface area contributed by atoms with E-state index >= 15 is 0 Å². The average Bonchev–Trinajstić information content (AvgIpc) is 3.41. The Morgan fingerprint density at radius 2 is 2.07 bits per heavy atom. The first-order valence-corrected chi connectivity index (χ1v) is 10.9. The molecule has 29 heavy (non-hydrogen) atoms. The summed E-state index contributed by atoms with van der Waals surface area (Å²) in [6, 6.07) is 9.95. The van der Waals surface area contributed by atoms with E-state index in [2.05, 4.69) is 9.55 Å². The number of esters is 1. The van der Waals surface area contributed by atoms with Crippen molar-refractivity contribution in [2.75, 3.05) is 13.1 Å². The Labute approximate surface area is 173 Å². The Morgan fingerprint density at radius 3 is 2.83 bits per heavy atom. The van der Waals surface area contributed by atoms with Crippen molar-refractivity contribution in [3.05, 3.63) is 52.5 Å². The summed E-state index contributed by atoms with van der Waals surface area (Å²) >= 11 is 1.49. The van der Waals surface area contributed by atoms with E-state index in [0.717, 1.165) is 21.5 Å². The number of aryl methyl sites for hydroxylation is 1. The molecule has 4 heterocycles. The van der Waals surface area contributed by atoms with Crippen molar-refractivity contribution in [3.63, 3.8) is 0 Å². The number of imidazole rings is 1. The molecule has 0 aliphatic carbocycles. The van der Waals surface area contributed by atoms with Gasteiger partial charge in [0.05, 0.1) is 34.2 Å². The first-order chi connectivity index (χ1) is 14.1. The van der Waals surface area contributed by atoms with E-state index in [4.69, 9.17) is 4.74 Å². The second-order valence-electron chi connectivity index (χ2n) is 8.12. The third-order valence-electron chi connectivity index (χ3n) is 6.32. The highest BCUT2D eigenvalue weighted by molar-refractivity contribution is 7.12. The lowest BCUT2D eigenvalue weighted by molar-refractivity contribution is -0.150. The highest BCUT2D eigenvalue weighted by Gasteiger charge is 2.51. The van der Waals surface area contributed by atoms with Crippen LogP contribution in [0.25, 0.3) is 11.0 Å². The fourth-order valence-corrected chi connectivity index (χ4v) is 5.49. The van der Waals surface area contributed by atoms with E-state index in [1.807, 2.05) is 53.9 Å². The van der Waals surface area contributed by atoms with Gasteiger partial charge in [0.25, 0.3) is 5.91 Å². The molecule has 2 aliphatic heterocycles. The summed E-state index contributed by atoms with van der Waals surface area (Å²) in [4.78, 5) is 32.7. The fraction of sp³-hybridized carbons (Fsp3) is 0.409. The number of rotatable bonds is 3. The number of hydrogen-bond donors (Lipinski definition) is 0. The van der Waals surface area contributed by atoms with Crippen LogP contribution in [0.1, 0.15) is 34.5 Å². The summed E-state index contributed by atoms with van der Waals surface area (Å²) in [6.07, 6.45) is 3.71. The lowest BCUT2D eigenvalue weighted by Gasteiger charge is -2.36. The number of likely N-dealkylation sites (tertiary alicyclic amines) is 1. The monoisotopic (exact) mass is 409 g/mol. The van der Waals surface area contributed by atoms with E-state index < -0.39 is 5.41 Å². The highest BCUT2D eigenvalue weighted by atomic mass is 32.1. The number of carbonyl (C=O) groups is 2. The van der Waals surface area contributed by atoms with Gasteiger partial charge in [-0.2, -0.15) is 0 Å². The molecule has 0 saturated carbocycles. The molecular formula is C22H23N3O3S. The predicted octanol–water partition coefficient (Wildman–Crippen LogP) is 3.64. The highest BCUT2D eigenvalue weighted by Crippen LogP contribution is 2.44. The molecule has 2 aromatic heterocycles. The van der Waals surface area contributed by atoms with E-state index in [1.54, 1.807) is 0 Å². The number of hydrogen-bond acceptors (Lipinski definition) is 5. The van der Waals surface area contributed by atoms with Crippen LogP contribution in [0.2, 0.25) is 0 Å². The molecule has 3 aromatic rings. The second kappa shape index (κ2) is 6.99. The third-order valence-corrected chi connectivity index (χ3v) is 7.32. The van der Waals surface area contributed by atoms with Crippen molar-refractivity contribution >= 4 is 34.2 Å². The molecule has 5 rings (SSSR count). The lowest BCUT2D eigenvalue weighted by Crippen LogP contribution is -2.45. The number of carbonyl (C=O) groups excluding carboxylic acids is 2. The molecule has 1 amide bonds. The molecule has 2 saturated heterocycles. The fourth-order valence-electron chi connectivity index (χ4n) is 4.60. The van der Waals surface area contributed by atoms with E-state index in [-0.39, 0.29) is 18.0 Å². The summed E-state index contributed by atoms with van der Waals surface area (Å²) in [6.45, 7) is 3.79. The van der Waals surface area contributed by atoms with Gasteiger partial charge in [0, 0.05) is 19.5 Å². The Bertz CT molecular complexity index is 1080. The summed E-state index contributed by atoms with van der Waals surface area (Å²) in [5.74, 6) is -0.0218. The Balaban J connectivity index is 1.26. The maximum Gasteiger partial charge on any atom is 0.312 e. The summed E-state index contributed by atoms with van der Waals surface area (Å²) in [5.41, 5.74) is 2.56. The molecule has 2 aliphatic rings. The predicted molar refractivity (Wildman–Crippen MR) is 111 cm³/mol. The van der Waals surface area contributed by atoms with Gasteiger partial charge in [-0.25, -0.2) is 4.98 Å². The zero-order valence-corrected chi connectivity index (χ0v) is 17.2. The van der Waals surface area contributed by atoms with Crippen LogP contribution in [0.5, 0.6) is 0 Å². The third kappa shape index (κ3) is 3.13. The van der Waals surface area contributed by atoms with Crippen LogP contribution in [0, 0.1) is 12.3 Å². The largest absolute Gasteiger partial charge is 0.460 e. The first kappa shape index (κ1) is 18.4. The van der Waals surface area contributed by atoms with Gasteiger partial charge in [-0.3, -0.25) is 9.59 Å². The van der Waals surface area contributed by atoms with Gasteiger partial charge in [0.15, 0.2) is 0 Å². The standard InChI is InChI=1S/C22H23N3O3S/c1-15-6-11-29-19(15)20(26)24-9-7-22(8-10-24)12-16(28-21(22)27)13-25-14-23-17-4-2-3-5-18(17)25/h2-6,11,14,16H,7-10,12-13H2,1H3. The van der Waals surface area contributed by atoms with Gasteiger partial charge in [-0.15, -0.1) is 11.3 Å². The normalized spacial score (nSPS) is 21.1. The topological polar surface area (TPSA) is 64.4 Å². The van der Waals surface area contributed by atoms with Crippen LogP contribution >= 0.6 is 11.3 Å². The van der Waals surface area contributed by atoms with E-state index in [0.29, 0.717) is 38.9 Å². The molecule has 1 unspecified atom stereocenters. The number of para-hydroxylation sites is 2. The SMILES string of the molecule is Cc1ccsc1C(=O)N1CCC2(CC1)CC(Cn1cnc3ccccc31)OC2=O. The van der Waals surface area contributed by atoms with Crippen LogP contribution in [0.4, 0.5) is 0 Å². The summed E-state index contributed by atoms with van der Waals surface area (Å²) < 4.78 is 7.84. The Morgan fingerprint density at radius 1 is 1.28 bits per heavy atom. The van der Waals surface area contributed by atoms with Crippen molar-refractivity contribution in [3.8, 4) is 0 Å². The van der Waals surface area contributed by atoms with Crippen LogP contribution < -0.4 is 0 Å². The second-order valence-corrected chi connectivity index (χ2v) is 9.04. The minimum Gasteiger partial charge on any atom is -0.460 e. The van der Waals surface area contributed by atoms with Crippen LogP contribution in [0.3, 0.4) is 0 Å². The van der Waals surface area contributed by atoms with Gasteiger partial charge in [0.2, 0.25) is 0 Å². The molecule has 2 fully saturated rings. The van der Waals surface area contributed by atoms with Crippen LogP contribution in [-0.2, 0) is 16.1 Å².